The Labute approximate surface area is 115 Å². The molecule has 0 saturated carbocycles. The van der Waals surface area contributed by atoms with Gasteiger partial charge < -0.3 is 14.4 Å². The van der Waals surface area contributed by atoms with E-state index in [0.29, 0.717) is 22.7 Å². The van der Waals surface area contributed by atoms with Crippen molar-refractivity contribution in [2.45, 2.75) is 0 Å². The zero-order valence-electron chi connectivity index (χ0n) is 10.8. The Hall–Kier alpha value is -2.56. The molecule has 102 valence electrons. The van der Waals surface area contributed by atoms with Gasteiger partial charge in [0.15, 0.2) is 11.5 Å². The van der Waals surface area contributed by atoms with E-state index in [1.54, 1.807) is 31.3 Å². The van der Waals surface area contributed by atoms with Crippen LogP contribution in [-0.2, 0) is 0 Å². The fourth-order valence-corrected chi connectivity index (χ4v) is 2.03. The first kappa shape index (κ1) is 12.5. The number of rotatable bonds is 2. The summed E-state index contributed by atoms with van der Waals surface area (Å²) in [5.41, 5.74) is 0.952. The summed E-state index contributed by atoms with van der Waals surface area (Å²) in [6, 6.07) is 10.8. The minimum absolute atomic E-state index is 0.181. The van der Waals surface area contributed by atoms with Gasteiger partial charge in [0.05, 0.1) is 0 Å². The molecular weight excluding hydrogens is 261 g/mol. The molecule has 0 fully saturated rings. The zero-order valence-corrected chi connectivity index (χ0v) is 10.8. The van der Waals surface area contributed by atoms with Gasteiger partial charge in [0.1, 0.15) is 5.82 Å². The number of halogens is 1. The van der Waals surface area contributed by atoms with Crippen molar-refractivity contribution in [1.29, 1.82) is 0 Å². The monoisotopic (exact) mass is 273 g/mol. The van der Waals surface area contributed by atoms with Crippen molar-refractivity contribution in [2.75, 3.05) is 18.7 Å². The van der Waals surface area contributed by atoms with Crippen LogP contribution in [0.2, 0.25) is 0 Å². The summed E-state index contributed by atoms with van der Waals surface area (Å²) in [6.45, 7) is 0.181. The number of anilines is 1. The number of nitrogens with zero attached hydrogens (tertiary/aromatic N) is 1. The number of ether oxygens (including phenoxy) is 2. The molecule has 0 bridgehead atoms. The number of carbonyl (C=O) groups is 1. The third kappa shape index (κ3) is 2.18. The molecule has 0 atom stereocenters. The summed E-state index contributed by atoms with van der Waals surface area (Å²) >= 11 is 0. The van der Waals surface area contributed by atoms with Gasteiger partial charge in [0.2, 0.25) is 6.79 Å². The van der Waals surface area contributed by atoms with Crippen molar-refractivity contribution >= 4 is 11.6 Å². The van der Waals surface area contributed by atoms with Crippen LogP contribution < -0.4 is 14.4 Å². The van der Waals surface area contributed by atoms with Crippen LogP contribution in [0.15, 0.2) is 42.5 Å². The highest BCUT2D eigenvalue weighted by molar-refractivity contribution is 6.05. The van der Waals surface area contributed by atoms with E-state index in [0.717, 1.165) is 0 Å². The van der Waals surface area contributed by atoms with Crippen LogP contribution in [0.4, 0.5) is 10.1 Å². The fourth-order valence-electron chi connectivity index (χ4n) is 2.03. The average Bonchev–Trinajstić information content (AvgIpc) is 2.93. The first-order chi connectivity index (χ1) is 9.65. The van der Waals surface area contributed by atoms with Crippen LogP contribution in [0.1, 0.15) is 10.4 Å². The van der Waals surface area contributed by atoms with Gasteiger partial charge in [-0.2, -0.15) is 0 Å². The molecule has 0 unspecified atom stereocenters. The minimum Gasteiger partial charge on any atom is -0.454 e. The number of hydrogen-bond donors (Lipinski definition) is 0. The van der Waals surface area contributed by atoms with Gasteiger partial charge >= 0.3 is 0 Å². The van der Waals surface area contributed by atoms with Gasteiger partial charge in [-0.15, -0.1) is 0 Å². The maximum Gasteiger partial charge on any atom is 0.258 e. The molecule has 0 radical (unpaired) electrons. The topological polar surface area (TPSA) is 38.8 Å². The first-order valence-electron chi connectivity index (χ1n) is 6.08. The van der Waals surface area contributed by atoms with E-state index in [1.807, 2.05) is 0 Å². The molecule has 4 nitrogen and oxygen atoms in total. The van der Waals surface area contributed by atoms with Crippen LogP contribution in [0.25, 0.3) is 0 Å². The lowest BCUT2D eigenvalue weighted by Crippen LogP contribution is -2.26. The van der Waals surface area contributed by atoms with Crippen molar-refractivity contribution in [3.63, 3.8) is 0 Å². The predicted molar refractivity (Wildman–Crippen MR) is 71.7 cm³/mol. The molecule has 2 aromatic carbocycles. The Morgan fingerprint density at radius 1 is 1.15 bits per heavy atom. The van der Waals surface area contributed by atoms with Crippen molar-refractivity contribution in [2.24, 2.45) is 0 Å². The smallest absolute Gasteiger partial charge is 0.258 e. The van der Waals surface area contributed by atoms with E-state index >= 15 is 0 Å². The summed E-state index contributed by atoms with van der Waals surface area (Å²) in [5, 5.41) is 0. The second-order valence-corrected chi connectivity index (χ2v) is 4.41. The van der Waals surface area contributed by atoms with E-state index in [1.165, 1.54) is 23.1 Å². The highest BCUT2D eigenvalue weighted by atomic mass is 19.1. The van der Waals surface area contributed by atoms with Crippen LogP contribution >= 0.6 is 0 Å². The maximum atomic E-state index is 13.2. The van der Waals surface area contributed by atoms with Gasteiger partial charge in [0, 0.05) is 24.4 Å². The Bertz CT molecular complexity index is 672. The van der Waals surface area contributed by atoms with Gasteiger partial charge in [0.25, 0.3) is 5.91 Å². The van der Waals surface area contributed by atoms with E-state index < -0.39 is 5.82 Å². The first-order valence-corrected chi connectivity index (χ1v) is 6.08. The molecule has 0 saturated heterocycles. The number of benzene rings is 2. The SMILES string of the molecule is CN(C(=O)c1cccc(F)c1)c1ccc2c(c1)OCO2. The predicted octanol–water partition coefficient (Wildman–Crippen LogP) is 2.83. The van der Waals surface area contributed by atoms with Gasteiger partial charge in [-0.1, -0.05) is 6.07 Å². The largest absolute Gasteiger partial charge is 0.454 e. The normalized spacial score (nSPS) is 12.3. The van der Waals surface area contributed by atoms with Gasteiger partial charge in [-0.3, -0.25) is 4.79 Å². The quantitative estimate of drug-likeness (QED) is 0.844. The Morgan fingerprint density at radius 3 is 2.75 bits per heavy atom. The lowest BCUT2D eigenvalue weighted by molar-refractivity contribution is 0.0992. The summed E-state index contributed by atoms with van der Waals surface area (Å²) < 4.78 is 23.7. The molecule has 1 aliphatic rings. The lowest BCUT2D eigenvalue weighted by atomic mass is 10.2. The van der Waals surface area contributed by atoms with E-state index in [4.69, 9.17) is 9.47 Å². The Balaban J connectivity index is 1.88. The van der Waals surface area contributed by atoms with Crippen molar-refractivity contribution in [1.82, 2.24) is 0 Å². The average molecular weight is 273 g/mol. The molecule has 0 aromatic heterocycles. The van der Waals surface area contributed by atoms with E-state index in [9.17, 15) is 9.18 Å². The molecule has 5 heteroatoms. The molecule has 0 spiro atoms. The van der Waals surface area contributed by atoms with Crippen LogP contribution in [0.3, 0.4) is 0 Å². The summed E-state index contributed by atoms with van der Waals surface area (Å²) in [7, 11) is 1.63. The number of amides is 1. The number of hydrogen-bond acceptors (Lipinski definition) is 3. The molecule has 1 heterocycles. The molecule has 20 heavy (non-hydrogen) atoms. The summed E-state index contributed by atoms with van der Waals surface area (Å²) in [4.78, 5) is 13.7. The van der Waals surface area contributed by atoms with Crippen molar-refractivity contribution in [3.8, 4) is 11.5 Å². The minimum atomic E-state index is -0.435. The standard InChI is InChI=1S/C15H12FNO3/c1-17(15(18)10-3-2-4-11(16)7-10)12-5-6-13-14(8-12)20-9-19-13/h2-8H,9H2,1H3. The lowest BCUT2D eigenvalue weighted by Gasteiger charge is -2.17. The van der Waals surface area contributed by atoms with Crippen LogP contribution in [0, 0.1) is 5.82 Å². The molecule has 0 aliphatic carbocycles. The molecule has 0 N–H and O–H groups in total. The molecule has 1 aliphatic heterocycles. The van der Waals surface area contributed by atoms with Crippen LogP contribution in [-0.4, -0.2) is 19.7 Å². The van der Waals surface area contributed by atoms with Gasteiger partial charge in [-0.25, -0.2) is 4.39 Å². The second kappa shape index (κ2) is 4.85. The molecular formula is C15H12FNO3. The highest BCUT2D eigenvalue weighted by Gasteiger charge is 2.18. The molecule has 1 amide bonds. The zero-order chi connectivity index (χ0) is 14.1. The third-order valence-electron chi connectivity index (χ3n) is 3.12. The van der Waals surface area contributed by atoms with Crippen LogP contribution in [0.5, 0.6) is 11.5 Å². The number of carbonyl (C=O) groups excluding carboxylic acids is 1. The van der Waals surface area contributed by atoms with Gasteiger partial charge in [-0.05, 0) is 30.3 Å². The second-order valence-electron chi connectivity index (χ2n) is 4.41. The Kier molecular flexibility index (Phi) is 3.02. The Morgan fingerprint density at radius 2 is 1.95 bits per heavy atom. The molecule has 3 rings (SSSR count). The summed E-state index contributed by atoms with van der Waals surface area (Å²) in [6.07, 6.45) is 0. The van der Waals surface area contributed by atoms with Crippen molar-refractivity contribution in [3.05, 3.63) is 53.8 Å². The molecule has 2 aromatic rings. The highest BCUT2D eigenvalue weighted by Crippen LogP contribution is 2.35. The maximum absolute atomic E-state index is 13.2. The third-order valence-corrected chi connectivity index (χ3v) is 3.12. The fraction of sp³-hybridized carbons (Fsp3) is 0.133. The van der Waals surface area contributed by atoms with E-state index in [2.05, 4.69) is 0 Å². The van der Waals surface area contributed by atoms with E-state index in [-0.39, 0.29) is 12.7 Å². The van der Waals surface area contributed by atoms with Crippen molar-refractivity contribution < 1.29 is 18.7 Å². The number of fused-ring (bicyclic) bond motifs is 1. The summed E-state index contributed by atoms with van der Waals surface area (Å²) in [5.74, 6) is 0.528.